The number of carbonyl (C=O) groups is 1. The van der Waals surface area contributed by atoms with Crippen molar-refractivity contribution in [3.05, 3.63) is 112 Å². The molecule has 0 saturated heterocycles. The van der Waals surface area contributed by atoms with Gasteiger partial charge in [0.15, 0.2) is 0 Å². The van der Waals surface area contributed by atoms with Crippen LogP contribution >= 0.6 is 15.9 Å². The van der Waals surface area contributed by atoms with E-state index < -0.39 is 22.5 Å². The van der Waals surface area contributed by atoms with Crippen LogP contribution in [0.2, 0.25) is 0 Å². The van der Waals surface area contributed by atoms with E-state index in [-0.39, 0.29) is 4.90 Å². The average molecular weight is 594 g/mol. The molecule has 4 rings (SSSR count). The molecular formula is C29H29BrN4O3S. The van der Waals surface area contributed by atoms with Crippen LogP contribution in [0.4, 0.5) is 5.69 Å². The standard InChI is InChI=1S/C29H29BrN4O3S/c1-4-23-10-8-9-13-28(23)33(38(36,37)27-11-6-5-7-12-27)20-29(35)32-31-19-24-18-21(2)34(22(24)3)26-16-14-25(30)15-17-26/h5-19H,4,20H2,1-3H3,(H,32,35)/b31-19-. The highest BCUT2D eigenvalue weighted by atomic mass is 79.9. The number of hydrogen-bond acceptors (Lipinski definition) is 4. The van der Waals surface area contributed by atoms with Gasteiger partial charge in [0, 0.05) is 27.1 Å². The molecule has 1 aromatic heterocycles. The molecule has 38 heavy (non-hydrogen) atoms. The molecule has 1 heterocycles. The summed E-state index contributed by atoms with van der Waals surface area (Å²) < 4.78 is 31.4. The predicted octanol–water partition coefficient (Wildman–Crippen LogP) is 5.76. The molecular weight excluding hydrogens is 564 g/mol. The van der Waals surface area contributed by atoms with Gasteiger partial charge in [0.25, 0.3) is 15.9 Å². The molecule has 3 aromatic carbocycles. The van der Waals surface area contributed by atoms with Gasteiger partial charge in [0.05, 0.1) is 16.8 Å². The second kappa shape index (κ2) is 11.8. The van der Waals surface area contributed by atoms with Crippen LogP contribution in [0.25, 0.3) is 5.69 Å². The van der Waals surface area contributed by atoms with Crippen LogP contribution in [0.15, 0.2) is 99.4 Å². The van der Waals surface area contributed by atoms with Crippen LogP contribution in [0.3, 0.4) is 0 Å². The van der Waals surface area contributed by atoms with E-state index in [0.717, 1.165) is 37.0 Å². The van der Waals surface area contributed by atoms with E-state index in [0.29, 0.717) is 12.1 Å². The molecule has 0 aliphatic heterocycles. The van der Waals surface area contributed by atoms with Crippen LogP contribution in [0.5, 0.6) is 0 Å². The van der Waals surface area contributed by atoms with E-state index in [2.05, 4.69) is 31.0 Å². The number of carbonyl (C=O) groups excluding carboxylic acids is 1. The Balaban J connectivity index is 1.57. The number of nitrogens with one attached hydrogen (secondary N) is 1. The molecule has 0 aliphatic carbocycles. The van der Waals surface area contributed by atoms with Gasteiger partial charge >= 0.3 is 0 Å². The highest BCUT2D eigenvalue weighted by molar-refractivity contribution is 9.10. The van der Waals surface area contributed by atoms with Gasteiger partial charge in [0.2, 0.25) is 0 Å². The lowest BCUT2D eigenvalue weighted by Crippen LogP contribution is -2.40. The lowest BCUT2D eigenvalue weighted by Gasteiger charge is -2.25. The maximum Gasteiger partial charge on any atom is 0.264 e. The zero-order valence-corrected chi connectivity index (χ0v) is 23.8. The zero-order chi connectivity index (χ0) is 27.3. The van der Waals surface area contributed by atoms with Crippen LogP contribution in [0, 0.1) is 13.8 Å². The lowest BCUT2D eigenvalue weighted by molar-refractivity contribution is -0.119. The number of aromatic nitrogens is 1. The Kier molecular flexibility index (Phi) is 8.48. The summed E-state index contributed by atoms with van der Waals surface area (Å²) in [5.74, 6) is -0.548. The third-order valence-electron chi connectivity index (χ3n) is 6.21. The van der Waals surface area contributed by atoms with Gasteiger partial charge in [0.1, 0.15) is 6.54 Å². The van der Waals surface area contributed by atoms with Crippen molar-refractivity contribution in [2.75, 3.05) is 10.8 Å². The van der Waals surface area contributed by atoms with Crippen molar-refractivity contribution >= 4 is 43.8 Å². The largest absolute Gasteiger partial charge is 0.318 e. The first-order valence-electron chi connectivity index (χ1n) is 12.1. The quantitative estimate of drug-likeness (QED) is 0.198. The first-order chi connectivity index (χ1) is 18.2. The molecule has 0 unspecified atom stereocenters. The smallest absolute Gasteiger partial charge is 0.264 e. The molecule has 4 aromatic rings. The van der Waals surface area contributed by atoms with Crippen molar-refractivity contribution in [2.24, 2.45) is 5.10 Å². The summed E-state index contributed by atoms with van der Waals surface area (Å²) in [5, 5.41) is 4.14. The van der Waals surface area contributed by atoms with Crippen LogP contribution in [-0.2, 0) is 21.2 Å². The minimum absolute atomic E-state index is 0.114. The number of rotatable bonds is 9. The van der Waals surface area contributed by atoms with Crippen molar-refractivity contribution < 1.29 is 13.2 Å². The van der Waals surface area contributed by atoms with Crippen LogP contribution < -0.4 is 9.73 Å². The summed E-state index contributed by atoms with van der Waals surface area (Å²) in [6, 6.07) is 25.3. The third-order valence-corrected chi connectivity index (χ3v) is 8.51. The highest BCUT2D eigenvalue weighted by Gasteiger charge is 2.28. The molecule has 7 nitrogen and oxygen atoms in total. The number of anilines is 1. The summed E-state index contributed by atoms with van der Waals surface area (Å²) in [6.45, 7) is 5.52. The Morgan fingerprint density at radius 3 is 2.34 bits per heavy atom. The fourth-order valence-electron chi connectivity index (χ4n) is 4.32. The molecule has 196 valence electrons. The van der Waals surface area contributed by atoms with E-state index in [1.165, 1.54) is 12.1 Å². The van der Waals surface area contributed by atoms with Crippen molar-refractivity contribution in [1.82, 2.24) is 9.99 Å². The van der Waals surface area contributed by atoms with Gasteiger partial charge in [-0.25, -0.2) is 13.8 Å². The summed E-state index contributed by atoms with van der Waals surface area (Å²) in [4.78, 5) is 13.1. The SMILES string of the molecule is CCc1ccccc1N(CC(=O)N/N=C\c1cc(C)n(-c2ccc(Br)cc2)c1C)S(=O)(=O)c1ccccc1. The van der Waals surface area contributed by atoms with E-state index in [1.807, 2.05) is 63.2 Å². The molecule has 0 bridgehead atoms. The minimum atomic E-state index is -3.99. The van der Waals surface area contributed by atoms with Crippen molar-refractivity contribution in [1.29, 1.82) is 0 Å². The summed E-state index contributed by atoms with van der Waals surface area (Å²) in [6.07, 6.45) is 2.19. The lowest BCUT2D eigenvalue weighted by atomic mass is 10.1. The molecule has 9 heteroatoms. The van der Waals surface area contributed by atoms with Gasteiger partial charge in [-0.3, -0.25) is 9.10 Å². The first kappa shape index (κ1) is 27.3. The summed E-state index contributed by atoms with van der Waals surface area (Å²) in [7, 11) is -3.99. The van der Waals surface area contributed by atoms with Gasteiger partial charge in [-0.2, -0.15) is 5.10 Å². The topological polar surface area (TPSA) is 83.8 Å². The van der Waals surface area contributed by atoms with Gasteiger partial charge < -0.3 is 4.57 Å². The molecule has 0 fully saturated rings. The molecule has 0 atom stereocenters. The molecule has 1 amide bonds. The zero-order valence-electron chi connectivity index (χ0n) is 21.4. The van der Waals surface area contributed by atoms with Gasteiger partial charge in [-0.15, -0.1) is 0 Å². The number of halogens is 1. The predicted molar refractivity (Wildman–Crippen MR) is 155 cm³/mol. The normalized spacial score (nSPS) is 11.6. The van der Waals surface area contributed by atoms with E-state index in [9.17, 15) is 13.2 Å². The van der Waals surface area contributed by atoms with Crippen molar-refractivity contribution in [3.8, 4) is 5.69 Å². The number of aryl methyl sites for hydroxylation is 2. The van der Waals surface area contributed by atoms with E-state index in [1.54, 1.807) is 36.5 Å². The summed E-state index contributed by atoms with van der Waals surface area (Å²) >= 11 is 3.46. The van der Waals surface area contributed by atoms with E-state index in [4.69, 9.17) is 0 Å². The molecule has 1 N–H and O–H groups in total. The Morgan fingerprint density at radius 2 is 1.66 bits per heavy atom. The number of benzene rings is 3. The molecule has 0 spiro atoms. The molecule has 0 saturated carbocycles. The van der Waals surface area contributed by atoms with Crippen molar-refractivity contribution in [2.45, 2.75) is 32.1 Å². The maximum atomic E-state index is 13.6. The average Bonchev–Trinajstić information content (AvgIpc) is 3.20. The number of hydrogen-bond donors (Lipinski definition) is 1. The number of hydrazone groups is 1. The maximum absolute atomic E-state index is 13.6. The molecule has 0 radical (unpaired) electrons. The van der Waals surface area contributed by atoms with Crippen LogP contribution in [0.1, 0.15) is 29.4 Å². The Hall–Kier alpha value is -3.69. The fourth-order valence-corrected chi connectivity index (χ4v) is 6.06. The number of para-hydroxylation sites is 1. The van der Waals surface area contributed by atoms with Gasteiger partial charge in [-0.05, 0) is 74.4 Å². The first-order valence-corrected chi connectivity index (χ1v) is 14.4. The Morgan fingerprint density at radius 1 is 1.00 bits per heavy atom. The second-order valence-corrected chi connectivity index (χ2v) is 11.5. The Bertz CT molecular complexity index is 1560. The second-order valence-electron chi connectivity index (χ2n) is 8.74. The molecule has 0 aliphatic rings. The minimum Gasteiger partial charge on any atom is -0.318 e. The number of amides is 1. The van der Waals surface area contributed by atoms with Gasteiger partial charge in [-0.1, -0.05) is 59.3 Å². The Labute approximate surface area is 232 Å². The fraction of sp³-hybridized carbons (Fsp3) is 0.172. The van der Waals surface area contributed by atoms with Crippen molar-refractivity contribution in [3.63, 3.8) is 0 Å². The third kappa shape index (κ3) is 5.89. The monoisotopic (exact) mass is 592 g/mol. The highest BCUT2D eigenvalue weighted by Crippen LogP contribution is 2.27. The summed E-state index contributed by atoms with van der Waals surface area (Å²) in [5.41, 5.74) is 7.64. The van der Waals surface area contributed by atoms with Crippen LogP contribution in [-0.4, -0.2) is 31.7 Å². The van der Waals surface area contributed by atoms with E-state index >= 15 is 0 Å². The number of nitrogens with zero attached hydrogens (tertiary/aromatic N) is 3. The number of sulfonamides is 1.